The van der Waals surface area contributed by atoms with Gasteiger partial charge in [-0.25, -0.2) is 0 Å². The normalized spacial score (nSPS) is 15.6. The monoisotopic (exact) mass is 302 g/mol. The topological polar surface area (TPSA) is 77.8 Å². The van der Waals surface area contributed by atoms with E-state index in [9.17, 15) is 15.0 Å². The number of carboxylic acid groups (broad SMARTS) is 1. The summed E-state index contributed by atoms with van der Waals surface area (Å²) >= 11 is 0. The average molecular weight is 302 g/mol. The van der Waals surface area contributed by atoms with Gasteiger partial charge in [0, 0.05) is 0 Å². The largest absolute Gasteiger partial charge is 0.481 e. The summed E-state index contributed by atoms with van der Waals surface area (Å²) in [6.07, 6.45) is 11.0. The van der Waals surface area contributed by atoms with Crippen molar-refractivity contribution >= 4 is 5.97 Å². The summed E-state index contributed by atoms with van der Waals surface area (Å²) < 4.78 is 0. The Morgan fingerprint density at radius 3 is 1.81 bits per heavy atom. The molecule has 4 heteroatoms. The molecule has 21 heavy (non-hydrogen) atoms. The molecule has 0 aliphatic rings. The lowest BCUT2D eigenvalue weighted by Crippen LogP contribution is -2.40. The Hall–Kier alpha value is -0.610. The second-order valence-corrected chi connectivity index (χ2v) is 6.40. The zero-order chi connectivity index (χ0) is 16.1. The van der Waals surface area contributed by atoms with Crippen molar-refractivity contribution in [1.29, 1.82) is 0 Å². The summed E-state index contributed by atoms with van der Waals surface area (Å²) in [5.41, 5.74) is -1.29. The van der Waals surface area contributed by atoms with Gasteiger partial charge in [-0.05, 0) is 13.3 Å². The Bertz CT molecular complexity index is 264. The van der Waals surface area contributed by atoms with E-state index in [4.69, 9.17) is 5.11 Å². The molecule has 0 spiro atoms. The van der Waals surface area contributed by atoms with Gasteiger partial charge >= 0.3 is 5.97 Å². The van der Waals surface area contributed by atoms with Crippen LogP contribution in [0.1, 0.15) is 90.9 Å². The van der Waals surface area contributed by atoms with Crippen LogP contribution < -0.4 is 0 Å². The lowest BCUT2D eigenvalue weighted by Gasteiger charge is -2.28. The molecular formula is C17H34O4. The van der Waals surface area contributed by atoms with Gasteiger partial charge in [0.15, 0.2) is 0 Å². The maximum absolute atomic E-state index is 10.5. The van der Waals surface area contributed by atoms with Crippen molar-refractivity contribution < 1.29 is 20.1 Å². The molecule has 2 unspecified atom stereocenters. The van der Waals surface area contributed by atoms with E-state index < -0.39 is 24.1 Å². The van der Waals surface area contributed by atoms with E-state index in [1.165, 1.54) is 51.9 Å². The molecule has 2 atom stereocenters. The number of aliphatic hydroxyl groups excluding tert-OH is 1. The van der Waals surface area contributed by atoms with Crippen molar-refractivity contribution in [2.75, 3.05) is 0 Å². The molecule has 0 aromatic heterocycles. The quantitative estimate of drug-likeness (QED) is 0.425. The highest BCUT2D eigenvalue weighted by molar-refractivity contribution is 5.67. The first-order chi connectivity index (χ1) is 9.90. The zero-order valence-corrected chi connectivity index (χ0v) is 13.8. The number of carboxylic acids is 1. The third-order valence-corrected chi connectivity index (χ3v) is 4.12. The van der Waals surface area contributed by atoms with Crippen LogP contribution in [0, 0.1) is 0 Å². The molecule has 0 bridgehead atoms. The van der Waals surface area contributed by atoms with E-state index >= 15 is 0 Å². The second-order valence-electron chi connectivity index (χ2n) is 6.40. The first-order valence-electron chi connectivity index (χ1n) is 8.52. The van der Waals surface area contributed by atoms with Gasteiger partial charge in [-0.2, -0.15) is 0 Å². The van der Waals surface area contributed by atoms with Crippen molar-refractivity contribution in [3.8, 4) is 0 Å². The van der Waals surface area contributed by atoms with Gasteiger partial charge in [0.05, 0.1) is 18.1 Å². The minimum Gasteiger partial charge on any atom is -0.481 e. The number of aliphatic hydroxyl groups is 2. The Kier molecular flexibility index (Phi) is 11.6. The van der Waals surface area contributed by atoms with Gasteiger partial charge in [-0.1, -0.05) is 71.1 Å². The molecule has 0 heterocycles. The van der Waals surface area contributed by atoms with Gasteiger partial charge < -0.3 is 15.3 Å². The molecular weight excluding hydrogens is 268 g/mol. The van der Waals surface area contributed by atoms with Crippen LogP contribution in [-0.2, 0) is 4.79 Å². The van der Waals surface area contributed by atoms with E-state index in [1.807, 2.05) is 0 Å². The molecule has 0 radical (unpaired) electrons. The average Bonchev–Trinajstić information content (AvgIpc) is 2.40. The molecule has 126 valence electrons. The van der Waals surface area contributed by atoms with Crippen LogP contribution in [0.15, 0.2) is 0 Å². The van der Waals surface area contributed by atoms with E-state index in [0.717, 1.165) is 19.3 Å². The summed E-state index contributed by atoms with van der Waals surface area (Å²) in [5.74, 6) is -1.08. The van der Waals surface area contributed by atoms with Crippen LogP contribution in [-0.4, -0.2) is 33.0 Å². The number of hydrogen-bond acceptors (Lipinski definition) is 3. The number of unbranched alkanes of at least 4 members (excludes halogenated alkanes) is 9. The first kappa shape index (κ1) is 20.4. The van der Waals surface area contributed by atoms with Gasteiger partial charge in [0.1, 0.15) is 0 Å². The van der Waals surface area contributed by atoms with Crippen molar-refractivity contribution in [2.45, 2.75) is 103 Å². The van der Waals surface area contributed by atoms with Gasteiger partial charge in [-0.15, -0.1) is 0 Å². The van der Waals surface area contributed by atoms with Crippen LogP contribution >= 0.6 is 0 Å². The van der Waals surface area contributed by atoms with Crippen molar-refractivity contribution in [3.05, 3.63) is 0 Å². The maximum atomic E-state index is 10.5. The molecule has 0 saturated carbocycles. The van der Waals surface area contributed by atoms with Crippen molar-refractivity contribution in [3.63, 3.8) is 0 Å². The second kappa shape index (κ2) is 12.0. The van der Waals surface area contributed by atoms with Gasteiger partial charge in [0.2, 0.25) is 0 Å². The molecule has 0 amide bonds. The van der Waals surface area contributed by atoms with Crippen LogP contribution in [0.5, 0.6) is 0 Å². The van der Waals surface area contributed by atoms with Crippen LogP contribution in [0.3, 0.4) is 0 Å². The Morgan fingerprint density at radius 1 is 0.952 bits per heavy atom. The third-order valence-electron chi connectivity index (χ3n) is 4.12. The Morgan fingerprint density at radius 2 is 1.38 bits per heavy atom. The van der Waals surface area contributed by atoms with Crippen LogP contribution in [0.2, 0.25) is 0 Å². The van der Waals surface area contributed by atoms with E-state index in [2.05, 4.69) is 6.92 Å². The smallest absolute Gasteiger partial charge is 0.306 e. The summed E-state index contributed by atoms with van der Waals surface area (Å²) in [5, 5.41) is 28.3. The predicted molar refractivity (Wildman–Crippen MR) is 85.3 cm³/mol. The summed E-state index contributed by atoms with van der Waals surface area (Å²) in [4.78, 5) is 10.5. The zero-order valence-electron chi connectivity index (χ0n) is 13.8. The number of hydrogen-bond donors (Lipinski definition) is 3. The third kappa shape index (κ3) is 11.7. The number of aliphatic carboxylic acids is 1. The minimum atomic E-state index is -1.29. The van der Waals surface area contributed by atoms with E-state index in [0.29, 0.717) is 6.42 Å². The number of rotatable bonds is 14. The molecule has 3 N–H and O–H groups in total. The SMILES string of the molecule is CCCCCCCCCCCCC(C)(O)C(O)CC(=O)O. The Balaban J connectivity index is 3.50. The lowest BCUT2D eigenvalue weighted by atomic mass is 9.90. The lowest BCUT2D eigenvalue weighted by molar-refractivity contribution is -0.145. The highest BCUT2D eigenvalue weighted by atomic mass is 16.4. The van der Waals surface area contributed by atoms with E-state index in [1.54, 1.807) is 0 Å². The molecule has 0 aliphatic heterocycles. The highest BCUT2D eigenvalue weighted by Gasteiger charge is 2.31. The molecule has 0 saturated heterocycles. The fourth-order valence-corrected chi connectivity index (χ4v) is 2.52. The molecule has 0 aliphatic carbocycles. The van der Waals surface area contributed by atoms with Crippen molar-refractivity contribution in [2.24, 2.45) is 0 Å². The molecule has 0 fully saturated rings. The fourth-order valence-electron chi connectivity index (χ4n) is 2.52. The van der Waals surface area contributed by atoms with Gasteiger partial charge in [0.25, 0.3) is 0 Å². The standard InChI is InChI=1S/C17H34O4/c1-3-4-5-6-7-8-9-10-11-12-13-17(2,21)15(18)14-16(19)20/h15,18,21H,3-14H2,1-2H3,(H,19,20). The van der Waals surface area contributed by atoms with Crippen LogP contribution in [0.4, 0.5) is 0 Å². The predicted octanol–water partition coefficient (Wildman–Crippen LogP) is 3.88. The minimum absolute atomic E-state index is 0.398. The number of carbonyl (C=O) groups is 1. The molecule has 0 aromatic carbocycles. The summed E-state index contributed by atoms with van der Waals surface area (Å²) in [6.45, 7) is 3.75. The molecule has 0 aromatic rings. The summed E-state index contributed by atoms with van der Waals surface area (Å²) in [7, 11) is 0. The fraction of sp³-hybridized carbons (Fsp3) is 0.941. The molecule has 0 rings (SSSR count). The Labute approximate surface area is 129 Å². The maximum Gasteiger partial charge on any atom is 0.306 e. The van der Waals surface area contributed by atoms with E-state index in [-0.39, 0.29) is 0 Å². The highest BCUT2D eigenvalue weighted by Crippen LogP contribution is 2.21. The summed E-state index contributed by atoms with van der Waals surface area (Å²) in [6, 6.07) is 0. The van der Waals surface area contributed by atoms with Crippen molar-refractivity contribution in [1.82, 2.24) is 0 Å². The molecule has 4 nitrogen and oxygen atoms in total. The van der Waals surface area contributed by atoms with Crippen LogP contribution in [0.25, 0.3) is 0 Å². The van der Waals surface area contributed by atoms with Gasteiger partial charge in [-0.3, -0.25) is 4.79 Å². The first-order valence-corrected chi connectivity index (χ1v) is 8.52.